The number of benzene rings is 2. The predicted molar refractivity (Wildman–Crippen MR) is 93.8 cm³/mol. The Hall–Kier alpha value is -2.40. The van der Waals surface area contributed by atoms with E-state index in [-0.39, 0.29) is 4.90 Å². The summed E-state index contributed by atoms with van der Waals surface area (Å²) in [7, 11) is -3.63. The topological polar surface area (TPSA) is 51.4 Å². The number of hydrogen-bond acceptors (Lipinski definition) is 3. The van der Waals surface area contributed by atoms with Crippen molar-refractivity contribution in [2.24, 2.45) is 4.99 Å². The highest BCUT2D eigenvalue weighted by molar-refractivity contribution is 7.90. The van der Waals surface area contributed by atoms with Crippen molar-refractivity contribution in [3.8, 4) is 0 Å². The van der Waals surface area contributed by atoms with E-state index in [0.717, 1.165) is 16.5 Å². The number of fused-ring (bicyclic) bond motifs is 1. The third-order valence-corrected chi connectivity index (χ3v) is 5.39. The molecule has 0 fully saturated rings. The standard InChI is InChI=1S/C18H18N2O2S/c1-3-19-12-15-13-20(18-7-5-4-6-17(15)18)23(21,22)16-10-8-14(2)9-11-16/h4-13H,3H2,1-2H3. The second kappa shape index (κ2) is 6.01. The van der Waals surface area contributed by atoms with Crippen LogP contribution in [0.25, 0.3) is 10.9 Å². The number of aliphatic imine (C=N–C) groups is 1. The molecule has 23 heavy (non-hydrogen) atoms. The van der Waals surface area contributed by atoms with Crippen molar-refractivity contribution >= 4 is 27.1 Å². The van der Waals surface area contributed by atoms with Gasteiger partial charge in [-0.2, -0.15) is 0 Å². The number of aromatic nitrogens is 1. The molecule has 0 aliphatic heterocycles. The number of aryl methyl sites for hydroxylation is 1. The van der Waals surface area contributed by atoms with Crippen LogP contribution in [0.5, 0.6) is 0 Å². The van der Waals surface area contributed by atoms with Crippen molar-refractivity contribution in [3.05, 3.63) is 65.9 Å². The molecule has 0 N–H and O–H groups in total. The molecular formula is C18H18N2O2S. The molecule has 1 aromatic heterocycles. The molecule has 0 aliphatic carbocycles. The lowest BCUT2D eigenvalue weighted by molar-refractivity contribution is 0.589. The Labute approximate surface area is 136 Å². The summed E-state index contributed by atoms with van der Waals surface area (Å²) in [5.41, 5.74) is 2.49. The van der Waals surface area contributed by atoms with Gasteiger partial charge in [-0.05, 0) is 32.0 Å². The molecule has 2 aromatic carbocycles. The van der Waals surface area contributed by atoms with Crippen LogP contribution in [0.3, 0.4) is 0 Å². The fourth-order valence-corrected chi connectivity index (χ4v) is 3.87. The molecule has 0 saturated carbocycles. The Kier molecular flexibility index (Phi) is 4.05. The van der Waals surface area contributed by atoms with Gasteiger partial charge in [0.25, 0.3) is 10.0 Å². The molecule has 0 radical (unpaired) electrons. The average molecular weight is 326 g/mol. The highest BCUT2D eigenvalue weighted by Crippen LogP contribution is 2.25. The van der Waals surface area contributed by atoms with Crippen molar-refractivity contribution in [1.29, 1.82) is 0 Å². The van der Waals surface area contributed by atoms with Crippen LogP contribution in [-0.4, -0.2) is 25.1 Å². The molecular weight excluding hydrogens is 308 g/mol. The van der Waals surface area contributed by atoms with Gasteiger partial charge in [-0.25, -0.2) is 12.4 Å². The summed E-state index contributed by atoms with van der Waals surface area (Å²) < 4.78 is 27.3. The largest absolute Gasteiger partial charge is 0.293 e. The minimum atomic E-state index is -3.63. The molecule has 0 atom stereocenters. The van der Waals surface area contributed by atoms with E-state index >= 15 is 0 Å². The molecule has 3 rings (SSSR count). The van der Waals surface area contributed by atoms with E-state index in [1.807, 2.05) is 38.1 Å². The zero-order valence-electron chi connectivity index (χ0n) is 13.1. The molecule has 0 saturated heterocycles. The summed E-state index contributed by atoms with van der Waals surface area (Å²) in [5.74, 6) is 0. The molecule has 0 amide bonds. The van der Waals surface area contributed by atoms with Crippen LogP contribution >= 0.6 is 0 Å². The van der Waals surface area contributed by atoms with E-state index in [1.165, 1.54) is 3.97 Å². The average Bonchev–Trinajstić information content (AvgIpc) is 2.93. The van der Waals surface area contributed by atoms with Crippen molar-refractivity contribution in [1.82, 2.24) is 3.97 Å². The van der Waals surface area contributed by atoms with E-state index in [1.54, 1.807) is 36.7 Å². The van der Waals surface area contributed by atoms with Crippen LogP contribution in [-0.2, 0) is 10.0 Å². The first-order valence-electron chi connectivity index (χ1n) is 7.46. The monoisotopic (exact) mass is 326 g/mol. The number of hydrogen-bond donors (Lipinski definition) is 0. The van der Waals surface area contributed by atoms with Gasteiger partial charge in [0.05, 0.1) is 10.4 Å². The lowest BCUT2D eigenvalue weighted by Gasteiger charge is -2.07. The van der Waals surface area contributed by atoms with Gasteiger partial charge in [-0.15, -0.1) is 0 Å². The molecule has 4 nitrogen and oxygen atoms in total. The minimum absolute atomic E-state index is 0.280. The summed E-state index contributed by atoms with van der Waals surface area (Å²) in [5, 5.41) is 0.875. The van der Waals surface area contributed by atoms with Crippen molar-refractivity contribution in [2.45, 2.75) is 18.7 Å². The van der Waals surface area contributed by atoms with E-state index < -0.39 is 10.0 Å². The normalized spacial score (nSPS) is 12.3. The summed E-state index contributed by atoms with van der Waals surface area (Å²) in [6.07, 6.45) is 3.36. The Morgan fingerprint density at radius 2 is 1.78 bits per heavy atom. The highest BCUT2D eigenvalue weighted by atomic mass is 32.2. The van der Waals surface area contributed by atoms with Crippen LogP contribution in [0.15, 0.2) is 64.6 Å². The maximum Gasteiger partial charge on any atom is 0.268 e. The van der Waals surface area contributed by atoms with Gasteiger partial charge in [0, 0.05) is 29.9 Å². The second-order valence-corrected chi connectivity index (χ2v) is 7.16. The first-order valence-corrected chi connectivity index (χ1v) is 8.90. The lowest BCUT2D eigenvalue weighted by atomic mass is 10.2. The van der Waals surface area contributed by atoms with Crippen molar-refractivity contribution in [3.63, 3.8) is 0 Å². The van der Waals surface area contributed by atoms with Gasteiger partial charge in [-0.3, -0.25) is 4.99 Å². The zero-order chi connectivity index (χ0) is 16.4. The van der Waals surface area contributed by atoms with Crippen LogP contribution in [0, 0.1) is 6.92 Å². The molecule has 0 spiro atoms. The quantitative estimate of drug-likeness (QED) is 0.688. The fraction of sp³-hybridized carbons (Fsp3) is 0.167. The number of nitrogens with zero attached hydrogens (tertiary/aromatic N) is 2. The summed E-state index contributed by atoms with van der Waals surface area (Å²) in [6, 6.07) is 14.3. The van der Waals surface area contributed by atoms with Gasteiger partial charge in [0.1, 0.15) is 0 Å². The first-order chi connectivity index (χ1) is 11.0. The molecule has 0 aliphatic rings. The SMILES string of the molecule is CCN=Cc1cn(S(=O)(=O)c2ccc(C)cc2)c2ccccc12. The summed E-state index contributed by atoms with van der Waals surface area (Å²) in [6.45, 7) is 4.53. The van der Waals surface area contributed by atoms with E-state index in [9.17, 15) is 8.42 Å². The maximum absolute atomic E-state index is 13.0. The second-order valence-electron chi connectivity index (χ2n) is 5.34. The third-order valence-electron chi connectivity index (χ3n) is 3.70. The first kappa shape index (κ1) is 15.5. The van der Waals surface area contributed by atoms with E-state index in [2.05, 4.69) is 4.99 Å². The molecule has 1 heterocycles. The van der Waals surface area contributed by atoms with Crippen LogP contribution in [0.1, 0.15) is 18.1 Å². The number of para-hydroxylation sites is 1. The van der Waals surface area contributed by atoms with Crippen LogP contribution < -0.4 is 0 Å². The van der Waals surface area contributed by atoms with E-state index in [0.29, 0.717) is 12.1 Å². The smallest absolute Gasteiger partial charge is 0.268 e. The maximum atomic E-state index is 13.0. The van der Waals surface area contributed by atoms with Gasteiger partial charge in [0.2, 0.25) is 0 Å². The molecule has 118 valence electrons. The summed E-state index contributed by atoms with van der Waals surface area (Å²) >= 11 is 0. The molecule has 3 aromatic rings. The van der Waals surface area contributed by atoms with Gasteiger partial charge in [0.15, 0.2) is 0 Å². The van der Waals surface area contributed by atoms with E-state index in [4.69, 9.17) is 0 Å². The fourth-order valence-electron chi connectivity index (χ4n) is 2.49. The summed E-state index contributed by atoms with van der Waals surface area (Å²) in [4.78, 5) is 4.52. The lowest BCUT2D eigenvalue weighted by Crippen LogP contribution is -2.11. The van der Waals surface area contributed by atoms with Gasteiger partial charge in [-0.1, -0.05) is 35.9 Å². The number of rotatable bonds is 4. The Morgan fingerprint density at radius 3 is 2.48 bits per heavy atom. The molecule has 0 unspecified atom stereocenters. The molecule has 5 heteroatoms. The highest BCUT2D eigenvalue weighted by Gasteiger charge is 2.20. The van der Waals surface area contributed by atoms with Gasteiger partial charge < -0.3 is 0 Å². The zero-order valence-corrected chi connectivity index (χ0v) is 13.9. The Morgan fingerprint density at radius 1 is 1.09 bits per heavy atom. The van der Waals surface area contributed by atoms with Crippen LogP contribution in [0.2, 0.25) is 0 Å². The molecule has 0 bridgehead atoms. The van der Waals surface area contributed by atoms with Crippen LogP contribution in [0.4, 0.5) is 0 Å². The third kappa shape index (κ3) is 2.80. The van der Waals surface area contributed by atoms with Crippen molar-refractivity contribution in [2.75, 3.05) is 6.54 Å². The minimum Gasteiger partial charge on any atom is -0.293 e. The van der Waals surface area contributed by atoms with Gasteiger partial charge >= 0.3 is 0 Å². The Bertz CT molecular complexity index is 968. The predicted octanol–water partition coefficient (Wildman–Crippen LogP) is 3.63. The van der Waals surface area contributed by atoms with Crippen molar-refractivity contribution < 1.29 is 8.42 Å². The Balaban J connectivity index is 2.23.